The molecule has 0 saturated heterocycles. The van der Waals surface area contributed by atoms with Gasteiger partial charge in [0.1, 0.15) is 0 Å². The Bertz CT molecular complexity index is 392. The van der Waals surface area contributed by atoms with Crippen molar-refractivity contribution in [2.75, 3.05) is 27.4 Å². The predicted molar refractivity (Wildman–Crippen MR) is 69.6 cm³/mol. The first-order chi connectivity index (χ1) is 9.19. The minimum absolute atomic E-state index is 0.122. The molecule has 108 valence electrons. The number of rotatable bonds is 10. The fraction of sp³-hybridized carbons (Fsp3) is 0.750. The molecule has 1 aromatic heterocycles. The summed E-state index contributed by atoms with van der Waals surface area (Å²) in [6, 6.07) is 0. The quantitative estimate of drug-likeness (QED) is 0.600. The van der Waals surface area contributed by atoms with Gasteiger partial charge in [0.25, 0.3) is 0 Å². The van der Waals surface area contributed by atoms with Crippen molar-refractivity contribution >= 4 is 5.91 Å². The molecule has 7 nitrogen and oxygen atoms in total. The molecule has 7 heteroatoms. The van der Waals surface area contributed by atoms with Crippen molar-refractivity contribution in [3.05, 3.63) is 11.4 Å². The van der Waals surface area contributed by atoms with Gasteiger partial charge in [-0.2, -0.15) is 0 Å². The van der Waals surface area contributed by atoms with Crippen LogP contribution in [0.5, 0.6) is 0 Å². The molecule has 0 unspecified atom stereocenters. The number of nitrogens with two attached hydrogens (primary N) is 1. The second kappa shape index (κ2) is 8.60. The molecular formula is C12H22N4O3. The van der Waals surface area contributed by atoms with Gasteiger partial charge in [0, 0.05) is 33.8 Å². The molecule has 0 aromatic carbocycles. The van der Waals surface area contributed by atoms with Gasteiger partial charge in [0.05, 0.1) is 24.4 Å². The van der Waals surface area contributed by atoms with E-state index in [1.807, 2.05) is 4.68 Å². The number of methoxy groups -OCH3 is 2. The highest BCUT2D eigenvalue weighted by Crippen LogP contribution is 2.09. The molecule has 0 aliphatic rings. The maximum Gasteiger partial charge on any atom is 0.223 e. The highest BCUT2D eigenvalue weighted by Gasteiger charge is 2.14. The zero-order chi connectivity index (χ0) is 14.1. The number of aryl methyl sites for hydroxylation is 1. The minimum Gasteiger partial charge on any atom is -0.385 e. The molecule has 0 aliphatic carbocycles. The van der Waals surface area contributed by atoms with Crippen molar-refractivity contribution in [2.45, 2.75) is 32.2 Å². The van der Waals surface area contributed by atoms with Crippen molar-refractivity contribution in [3.8, 4) is 0 Å². The van der Waals surface area contributed by atoms with Crippen molar-refractivity contribution in [3.63, 3.8) is 0 Å². The Morgan fingerprint density at radius 1 is 1.26 bits per heavy atom. The van der Waals surface area contributed by atoms with Gasteiger partial charge in [0.2, 0.25) is 5.91 Å². The summed E-state index contributed by atoms with van der Waals surface area (Å²) in [7, 11) is 3.32. The molecule has 1 heterocycles. The topological polar surface area (TPSA) is 92.3 Å². The number of carbonyl (C=O) groups excluding carboxylic acids is 1. The lowest BCUT2D eigenvalue weighted by Crippen LogP contribution is -2.16. The average Bonchev–Trinajstić information content (AvgIpc) is 2.74. The van der Waals surface area contributed by atoms with E-state index in [0.29, 0.717) is 18.7 Å². The Labute approximate surface area is 113 Å². The van der Waals surface area contributed by atoms with Gasteiger partial charge in [-0.15, -0.1) is 5.10 Å². The Morgan fingerprint density at radius 3 is 2.63 bits per heavy atom. The molecule has 0 spiro atoms. The maximum atomic E-state index is 11.0. The molecule has 0 radical (unpaired) electrons. The summed E-state index contributed by atoms with van der Waals surface area (Å²) in [4.78, 5) is 11.0. The first-order valence-corrected chi connectivity index (χ1v) is 6.36. The second-order valence-corrected chi connectivity index (χ2v) is 4.29. The van der Waals surface area contributed by atoms with Crippen LogP contribution in [-0.2, 0) is 33.7 Å². The molecule has 1 rings (SSSR count). The highest BCUT2D eigenvalue weighted by molar-refractivity contribution is 5.76. The molecular weight excluding hydrogens is 248 g/mol. The first kappa shape index (κ1) is 15.6. The van der Waals surface area contributed by atoms with Crippen LogP contribution in [-0.4, -0.2) is 48.3 Å². The van der Waals surface area contributed by atoms with E-state index in [9.17, 15) is 4.79 Å². The summed E-state index contributed by atoms with van der Waals surface area (Å²) in [5.41, 5.74) is 6.79. The van der Waals surface area contributed by atoms with E-state index >= 15 is 0 Å². The number of unbranched alkanes of at least 4 members (excludes halogenated alkanes) is 1. The van der Waals surface area contributed by atoms with Crippen LogP contribution in [0.2, 0.25) is 0 Å². The number of carbonyl (C=O) groups is 1. The van der Waals surface area contributed by atoms with Gasteiger partial charge in [-0.05, 0) is 12.8 Å². The van der Waals surface area contributed by atoms with Crippen molar-refractivity contribution in [2.24, 2.45) is 5.73 Å². The monoisotopic (exact) mass is 270 g/mol. The van der Waals surface area contributed by atoms with Crippen LogP contribution in [0.4, 0.5) is 0 Å². The standard InChI is InChI=1S/C12H22N4O3/c1-18-7-4-3-6-16-11(5-8-19-2)10(14-15-16)9-12(13)17/h3-9H2,1-2H3,(H2,13,17). The fourth-order valence-corrected chi connectivity index (χ4v) is 1.83. The molecule has 0 aliphatic heterocycles. The number of nitrogens with zero attached hydrogens (tertiary/aromatic N) is 3. The van der Waals surface area contributed by atoms with E-state index in [2.05, 4.69) is 10.3 Å². The number of aromatic nitrogens is 3. The van der Waals surface area contributed by atoms with Crippen molar-refractivity contribution in [1.29, 1.82) is 0 Å². The summed E-state index contributed by atoms with van der Waals surface area (Å²) in [5, 5.41) is 8.12. The smallest absolute Gasteiger partial charge is 0.223 e. The Balaban J connectivity index is 2.66. The number of hydrogen-bond acceptors (Lipinski definition) is 5. The maximum absolute atomic E-state index is 11.0. The molecule has 0 atom stereocenters. The van der Waals surface area contributed by atoms with Crippen LogP contribution < -0.4 is 5.73 Å². The molecule has 1 amide bonds. The van der Waals surface area contributed by atoms with Crippen LogP contribution >= 0.6 is 0 Å². The molecule has 0 saturated carbocycles. The second-order valence-electron chi connectivity index (χ2n) is 4.29. The van der Waals surface area contributed by atoms with E-state index in [1.54, 1.807) is 14.2 Å². The Hall–Kier alpha value is -1.47. The van der Waals surface area contributed by atoms with Crippen molar-refractivity contribution in [1.82, 2.24) is 15.0 Å². The third-order valence-electron chi connectivity index (χ3n) is 2.77. The normalized spacial score (nSPS) is 10.8. The van der Waals surface area contributed by atoms with Gasteiger partial charge in [0.15, 0.2) is 0 Å². The molecule has 0 bridgehead atoms. The Morgan fingerprint density at radius 2 is 2.00 bits per heavy atom. The largest absolute Gasteiger partial charge is 0.385 e. The van der Waals surface area contributed by atoms with Gasteiger partial charge in [-0.25, -0.2) is 4.68 Å². The van der Waals surface area contributed by atoms with E-state index < -0.39 is 5.91 Å². The lowest BCUT2D eigenvalue weighted by molar-refractivity contribution is -0.117. The van der Waals surface area contributed by atoms with E-state index in [1.165, 1.54) is 0 Å². The van der Waals surface area contributed by atoms with E-state index in [4.69, 9.17) is 15.2 Å². The first-order valence-electron chi connectivity index (χ1n) is 6.36. The van der Waals surface area contributed by atoms with Crippen LogP contribution in [0.15, 0.2) is 0 Å². The van der Waals surface area contributed by atoms with Crippen LogP contribution in [0.1, 0.15) is 24.2 Å². The summed E-state index contributed by atoms with van der Waals surface area (Å²) < 4.78 is 11.9. The zero-order valence-electron chi connectivity index (χ0n) is 11.6. The molecule has 19 heavy (non-hydrogen) atoms. The van der Waals surface area contributed by atoms with E-state index in [0.717, 1.165) is 31.7 Å². The molecule has 1 aromatic rings. The molecule has 2 N–H and O–H groups in total. The third-order valence-corrected chi connectivity index (χ3v) is 2.77. The number of primary amides is 1. The van der Waals surface area contributed by atoms with Crippen LogP contribution in [0.3, 0.4) is 0 Å². The lowest BCUT2D eigenvalue weighted by Gasteiger charge is -2.07. The number of amides is 1. The summed E-state index contributed by atoms with van der Waals surface area (Å²) in [6.45, 7) is 2.06. The van der Waals surface area contributed by atoms with Gasteiger partial charge in [-0.1, -0.05) is 5.21 Å². The minimum atomic E-state index is -0.398. The lowest BCUT2D eigenvalue weighted by atomic mass is 10.2. The third kappa shape index (κ3) is 5.35. The average molecular weight is 270 g/mol. The number of ether oxygens (including phenoxy) is 2. The van der Waals surface area contributed by atoms with E-state index in [-0.39, 0.29) is 6.42 Å². The van der Waals surface area contributed by atoms with Gasteiger partial charge in [-0.3, -0.25) is 4.79 Å². The SMILES string of the molecule is COCCCCn1nnc(CC(N)=O)c1CCOC. The molecule has 0 fully saturated rings. The summed E-state index contributed by atoms with van der Waals surface area (Å²) in [5.74, 6) is -0.398. The predicted octanol–water partition coefficient (Wildman–Crippen LogP) is -0.0786. The van der Waals surface area contributed by atoms with Gasteiger partial charge < -0.3 is 15.2 Å². The summed E-state index contributed by atoms with van der Waals surface area (Å²) in [6.07, 6.45) is 2.71. The van der Waals surface area contributed by atoms with Crippen LogP contribution in [0, 0.1) is 0 Å². The highest BCUT2D eigenvalue weighted by atomic mass is 16.5. The van der Waals surface area contributed by atoms with Crippen molar-refractivity contribution < 1.29 is 14.3 Å². The van der Waals surface area contributed by atoms with Gasteiger partial charge >= 0.3 is 0 Å². The Kier molecular flexibility index (Phi) is 7.06. The van der Waals surface area contributed by atoms with Crippen LogP contribution in [0.25, 0.3) is 0 Å². The summed E-state index contributed by atoms with van der Waals surface area (Å²) >= 11 is 0. The fourth-order valence-electron chi connectivity index (χ4n) is 1.83. The zero-order valence-corrected chi connectivity index (χ0v) is 11.6. The number of hydrogen-bond donors (Lipinski definition) is 1.